The lowest BCUT2D eigenvalue weighted by Crippen LogP contribution is -2.30. The van der Waals surface area contributed by atoms with Gasteiger partial charge in [-0.2, -0.15) is 0 Å². The predicted octanol–water partition coefficient (Wildman–Crippen LogP) is 6.24. The van der Waals surface area contributed by atoms with Crippen molar-refractivity contribution in [3.8, 4) is 33.5 Å². The summed E-state index contributed by atoms with van der Waals surface area (Å²) in [6.07, 6.45) is 3.43. The molecule has 6 nitrogen and oxygen atoms in total. The van der Waals surface area contributed by atoms with Crippen LogP contribution >= 0.6 is 0 Å². The third-order valence-corrected chi connectivity index (χ3v) is 6.90. The van der Waals surface area contributed by atoms with Gasteiger partial charge in [0.1, 0.15) is 11.6 Å². The summed E-state index contributed by atoms with van der Waals surface area (Å²) >= 11 is 0. The number of methoxy groups -OCH3 is 1. The Kier molecular flexibility index (Phi) is 7.47. The molecule has 8 heteroatoms. The fourth-order valence-electron chi connectivity index (χ4n) is 4.85. The number of rotatable bonds is 8. The van der Waals surface area contributed by atoms with Gasteiger partial charge in [-0.25, -0.2) is 13.8 Å². The largest absolute Gasteiger partial charge is 0.468 e. The van der Waals surface area contributed by atoms with E-state index in [1.54, 1.807) is 36.7 Å². The van der Waals surface area contributed by atoms with Crippen LogP contribution in [0.5, 0.6) is 0 Å². The standard InChI is InChI=1S/C31H28F2N4O2/c1-4-37(19-27(38)39-3)18-25-17-26-31(36(25)2)29(20-5-9-23(32)10-6-20)28(21-13-15-34-16-14-21)30(35-26)22-7-11-24(33)12-8-22/h5-17H,4,18-19H2,1-3H3. The molecule has 198 valence electrons. The molecule has 5 aromatic rings. The van der Waals surface area contributed by atoms with Gasteiger partial charge in [-0.1, -0.05) is 19.1 Å². The van der Waals surface area contributed by atoms with Crippen LogP contribution in [-0.4, -0.2) is 45.6 Å². The van der Waals surface area contributed by atoms with Crippen LogP contribution in [0.25, 0.3) is 44.5 Å². The number of nitrogens with zero attached hydrogens (tertiary/aromatic N) is 4. The number of esters is 1. The highest BCUT2D eigenvalue weighted by Gasteiger charge is 2.24. The Bertz CT molecular complexity index is 1620. The lowest BCUT2D eigenvalue weighted by atomic mass is 9.90. The molecule has 0 spiro atoms. The van der Waals surface area contributed by atoms with E-state index < -0.39 is 0 Å². The second-order valence-electron chi connectivity index (χ2n) is 9.27. The van der Waals surface area contributed by atoms with Crippen LogP contribution in [0.3, 0.4) is 0 Å². The number of aryl methyl sites for hydroxylation is 1. The fraction of sp³-hybridized carbons (Fsp3) is 0.194. The molecule has 3 aromatic heterocycles. The lowest BCUT2D eigenvalue weighted by molar-refractivity contribution is -0.142. The van der Waals surface area contributed by atoms with E-state index in [0.29, 0.717) is 18.8 Å². The van der Waals surface area contributed by atoms with Crippen molar-refractivity contribution in [2.75, 3.05) is 20.2 Å². The molecule has 0 amide bonds. The summed E-state index contributed by atoms with van der Waals surface area (Å²) in [6.45, 7) is 3.30. The normalized spacial score (nSPS) is 11.3. The minimum Gasteiger partial charge on any atom is -0.468 e. The molecule has 0 aliphatic carbocycles. The molecule has 0 fully saturated rings. The highest BCUT2D eigenvalue weighted by Crippen LogP contribution is 2.43. The molecule has 0 unspecified atom stereocenters. The van der Waals surface area contributed by atoms with Gasteiger partial charge in [0.25, 0.3) is 0 Å². The van der Waals surface area contributed by atoms with Gasteiger partial charge in [0.05, 0.1) is 30.4 Å². The van der Waals surface area contributed by atoms with Crippen LogP contribution in [0.15, 0.2) is 79.1 Å². The van der Waals surface area contributed by atoms with Crippen LogP contribution in [0.4, 0.5) is 8.78 Å². The summed E-state index contributed by atoms with van der Waals surface area (Å²) in [5, 5.41) is 0. The molecule has 0 bridgehead atoms. The van der Waals surface area contributed by atoms with E-state index in [1.165, 1.54) is 31.4 Å². The van der Waals surface area contributed by atoms with Gasteiger partial charge in [-0.15, -0.1) is 0 Å². The number of fused-ring (bicyclic) bond motifs is 1. The van der Waals surface area contributed by atoms with Crippen molar-refractivity contribution in [2.24, 2.45) is 7.05 Å². The number of carbonyl (C=O) groups is 1. The van der Waals surface area contributed by atoms with Gasteiger partial charge in [-0.05, 0) is 72.3 Å². The summed E-state index contributed by atoms with van der Waals surface area (Å²) in [5.74, 6) is -0.974. The third-order valence-electron chi connectivity index (χ3n) is 6.90. The monoisotopic (exact) mass is 526 g/mol. The van der Waals surface area contributed by atoms with Crippen molar-refractivity contribution >= 4 is 17.0 Å². The molecule has 0 saturated carbocycles. The van der Waals surface area contributed by atoms with E-state index in [4.69, 9.17) is 9.72 Å². The van der Waals surface area contributed by atoms with Crippen molar-refractivity contribution in [1.29, 1.82) is 0 Å². The second-order valence-corrected chi connectivity index (χ2v) is 9.27. The maximum Gasteiger partial charge on any atom is 0.319 e. The Morgan fingerprint density at radius 2 is 1.49 bits per heavy atom. The SMILES string of the molecule is CCN(CC(=O)OC)Cc1cc2nc(-c3ccc(F)cc3)c(-c3ccncc3)c(-c3ccc(F)cc3)c2n1C. The van der Waals surface area contributed by atoms with Gasteiger partial charge in [0.2, 0.25) is 0 Å². The van der Waals surface area contributed by atoms with E-state index in [-0.39, 0.29) is 24.1 Å². The topological polar surface area (TPSA) is 60.3 Å². The zero-order valence-electron chi connectivity index (χ0n) is 22.0. The number of aromatic nitrogens is 3. The van der Waals surface area contributed by atoms with Gasteiger partial charge in [0.15, 0.2) is 0 Å². The second kappa shape index (κ2) is 11.1. The Morgan fingerprint density at radius 3 is 2.08 bits per heavy atom. The number of likely N-dealkylation sites (N-methyl/N-ethyl adjacent to an activating group) is 1. The lowest BCUT2D eigenvalue weighted by Gasteiger charge is -2.20. The van der Waals surface area contributed by atoms with Crippen molar-refractivity contribution in [1.82, 2.24) is 19.4 Å². The summed E-state index contributed by atoms with van der Waals surface area (Å²) in [4.78, 5) is 23.3. The van der Waals surface area contributed by atoms with Crippen LogP contribution in [0, 0.1) is 11.6 Å². The predicted molar refractivity (Wildman–Crippen MR) is 148 cm³/mol. The first-order chi connectivity index (χ1) is 18.9. The first kappa shape index (κ1) is 26.2. The van der Waals surface area contributed by atoms with Crippen LogP contribution in [0.1, 0.15) is 12.6 Å². The summed E-state index contributed by atoms with van der Waals surface area (Å²) in [7, 11) is 3.34. The van der Waals surface area contributed by atoms with Crippen molar-refractivity contribution < 1.29 is 18.3 Å². The van der Waals surface area contributed by atoms with E-state index in [1.807, 2.05) is 37.1 Å². The van der Waals surface area contributed by atoms with Crippen LogP contribution in [-0.2, 0) is 23.1 Å². The van der Waals surface area contributed by atoms with E-state index in [2.05, 4.69) is 9.55 Å². The molecular formula is C31H28F2N4O2. The molecule has 0 radical (unpaired) electrons. The molecule has 5 rings (SSSR count). The van der Waals surface area contributed by atoms with Crippen molar-refractivity contribution in [3.63, 3.8) is 0 Å². The number of pyridine rings is 2. The van der Waals surface area contributed by atoms with Crippen LogP contribution < -0.4 is 0 Å². The van der Waals surface area contributed by atoms with E-state index in [0.717, 1.165) is 44.5 Å². The number of halogens is 2. The van der Waals surface area contributed by atoms with Gasteiger partial charge >= 0.3 is 5.97 Å². The van der Waals surface area contributed by atoms with Gasteiger partial charge in [-0.3, -0.25) is 14.7 Å². The van der Waals surface area contributed by atoms with E-state index >= 15 is 0 Å². The van der Waals surface area contributed by atoms with Crippen molar-refractivity contribution in [3.05, 3.63) is 96.5 Å². The summed E-state index contributed by atoms with van der Waals surface area (Å²) in [5.41, 5.74) is 7.36. The average Bonchev–Trinajstić information content (AvgIpc) is 3.27. The number of hydrogen-bond donors (Lipinski definition) is 0. The van der Waals surface area contributed by atoms with Crippen molar-refractivity contribution in [2.45, 2.75) is 13.5 Å². The minimum absolute atomic E-state index is 0.163. The molecule has 0 aliphatic heterocycles. The number of benzene rings is 2. The fourth-order valence-corrected chi connectivity index (χ4v) is 4.85. The molecule has 39 heavy (non-hydrogen) atoms. The maximum absolute atomic E-state index is 14.0. The molecular weight excluding hydrogens is 498 g/mol. The molecule has 0 atom stereocenters. The first-order valence-corrected chi connectivity index (χ1v) is 12.6. The van der Waals surface area contributed by atoms with Gasteiger partial charge < -0.3 is 9.30 Å². The summed E-state index contributed by atoms with van der Waals surface area (Å²) in [6, 6.07) is 18.5. The molecule has 2 aromatic carbocycles. The zero-order chi connectivity index (χ0) is 27.5. The number of ether oxygens (including phenoxy) is 1. The molecule has 0 N–H and O–H groups in total. The Hall–Kier alpha value is -4.43. The molecule has 0 saturated heterocycles. The third kappa shape index (κ3) is 5.28. The average molecular weight is 527 g/mol. The summed E-state index contributed by atoms with van der Waals surface area (Å²) < 4.78 is 34.8. The van der Waals surface area contributed by atoms with E-state index in [9.17, 15) is 13.6 Å². The number of carbonyl (C=O) groups excluding carboxylic acids is 1. The molecule has 0 aliphatic rings. The Labute approximate surface area is 225 Å². The van der Waals surface area contributed by atoms with Gasteiger partial charge in [0, 0.05) is 48.4 Å². The highest BCUT2D eigenvalue weighted by molar-refractivity contribution is 6.06. The van der Waals surface area contributed by atoms with Crippen LogP contribution in [0.2, 0.25) is 0 Å². The zero-order valence-corrected chi connectivity index (χ0v) is 22.0. The maximum atomic E-state index is 14.0. The minimum atomic E-state index is -0.337. The quantitative estimate of drug-likeness (QED) is 0.224. The number of hydrogen-bond acceptors (Lipinski definition) is 5. The Morgan fingerprint density at radius 1 is 0.897 bits per heavy atom. The molecule has 3 heterocycles. The smallest absolute Gasteiger partial charge is 0.319 e. The highest BCUT2D eigenvalue weighted by atomic mass is 19.1. The first-order valence-electron chi connectivity index (χ1n) is 12.6. The Balaban J connectivity index is 1.82.